The second-order valence-corrected chi connectivity index (χ2v) is 9.90. The molecule has 2 N–H and O–H groups in total. The monoisotopic (exact) mass is 494 g/mol. The highest BCUT2D eigenvalue weighted by molar-refractivity contribution is 6.13. The Hall–Kier alpha value is -3.77. The van der Waals surface area contributed by atoms with Crippen molar-refractivity contribution >= 4 is 29.4 Å². The molecule has 190 valence electrons. The summed E-state index contributed by atoms with van der Waals surface area (Å²) < 4.78 is 0. The first-order chi connectivity index (χ1) is 18.1. The molecule has 0 saturated carbocycles. The molecule has 3 aromatic rings. The lowest BCUT2D eigenvalue weighted by Gasteiger charge is -2.26. The molecule has 0 radical (unpaired) electrons. The molecule has 1 saturated heterocycles. The van der Waals surface area contributed by atoms with Gasteiger partial charge in [-0.3, -0.25) is 19.5 Å². The van der Waals surface area contributed by atoms with Gasteiger partial charge in [0.1, 0.15) is 5.92 Å². The number of fused-ring (bicyclic) bond motifs is 1. The molecule has 3 aromatic carbocycles. The number of piperidine rings is 1. The minimum Gasteiger partial charge on any atom is -0.345 e. The zero-order valence-corrected chi connectivity index (χ0v) is 21.3. The highest BCUT2D eigenvalue weighted by Gasteiger charge is 2.30. The first-order valence-electron chi connectivity index (χ1n) is 13.3. The molecule has 2 amide bonds. The number of hydrogen-bond acceptors (Lipinski definition) is 4. The summed E-state index contributed by atoms with van der Waals surface area (Å²) in [6.07, 6.45) is 6.39. The Morgan fingerprint density at radius 2 is 1.81 bits per heavy atom. The van der Waals surface area contributed by atoms with Gasteiger partial charge in [0.05, 0.1) is 11.7 Å². The Morgan fingerprint density at radius 1 is 1.05 bits per heavy atom. The normalized spacial score (nSPS) is 18.4. The number of nitrogens with zero attached hydrogens (tertiary/aromatic N) is 2. The SMILES string of the molecule is CC[C@@H](NC(=O)c1ccc2c(c1)NC(=O)C2C=Nc1ccc(CN2CCCCC2)cc1)c1ccccc1. The van der Waals surface area contributed by atoms with Crippen LogP contribution >= 0.6 is 0 Å². The van der Waals surface area contributed by atoms with E-state index in [1.165, 1.54) is 37.9 Å². The quantitative estimate of drug-likeness (QED) is 0.378. The van der Waals surface area contributed by atoms with Crippen molar-refractivity contribution in [2.24, 2.45) is 4.99 Å². The number of nitrogens with one attached hydrogen (secondary N) is 2. The Labute approximate surface area is 218 Å². The van der Waals surface area contributed by atoms with Crippen molar-refractivity contribution in [3.8, 4) is 0 Å². The van der Waals surface area contributed by atoms with Gasteiger partial charge >= 0.3 is 0 Å². The maximum atomic E-state index is 13.0. The zero-order chi connectivity index (χ0) is 25.6. The van der Waals surface area contributed by atoms with Crippen LogP contribution in [-0.2, 0) is 11.3 Å². The van der Waals surface area contributed by atoms with Gasteiger partial charge in [0.2, 0.25) is 5.91 Å². The molecule has 1 unspecified atom stereocenters. The van der Waals surface area contributed by atoms with E-state index < -0.39 is 5.92 Å². The van der Waals surface area contributed by atoms with Crippen LogP contribution in [0.3, 0.4) is 0 Å². The zero-order valence-electron chi connectivity index (χ0n) is 21.3. The van der Waals surface area contributed by atoms with Crippen LogP contribution in [0.2, 0.25) is 0 Å². The summed E-state index contributed by atoms with van der Waals surface area (Å²) in [6, 6.07) is 23.5. The van der Waals surface area contributed by atoms with Crippen molar-refractivity contribution < 1.29 is 9.59 Å². The lowest BCUT2D eigenvalue weighted by atomic mass is 9.99. The van der Waals surface area contributed by atoms with Crippen LogP contribution in [-0.4, -0.2) is 36.0 Å². The number of carbonyl (C=O) groups is 2. The summed E-state index contributed by atoms with van der Waals surface area (Å²) in [7, 11) is 0. The summed E-state index contributed by atoms with van der Waals surface area (Å²) in [4.78, 5) is 32.8. The maximum absolute atomic E-state index is 13.0. The fourth-order valence-electron chi connectivity index (χ4n) is 5.15. The van der Waals surface area contributed by atoms with Gasteiger partial charge in [0.25, 0.3) is 5.91 Å². The van der Waals surface area contributed by atoms with E-state index in [1.807, 2.05) is 55.5 Å². The summed E-state index contributed by atoms with van der Waals surface area (Å²) in [6.45, 7) is 5.37. The van der Waals surface area contributed by atoms with E-state index in [1.54, 1.807) is 18.3 Å². The van der Waals surface area contributed by atoms with Gasteiger partial charge in [-0.15, -0.1) is 0 Å². The molecule has 2 heterocycles. The Morgan fingerprint density at radius 3 is 2.54 bits per heavy atom. The largest absolute Gasteiger partial charge is 0.345 e. The summed E-state index contributed by atoms with van der Waals surface area (Å²) in [5, 5.41) is 6.03. The average Bonchev–Trinajstić information content (AvgIpc) is 3.26. The third kappa shape index (κ3) is 5.97. The standard InChI is InChI=1S/C31H34N4O2/c1-2-28(23-9-5-3-6-10-23)33-30(36)24-13-16-26-27(31(37)34-29(26)19-24)20-32-25-14-11-22(12-15-25)21-35-17-7-4-8-18-35/h3,5-6,9-16,19-20,27-28H,2,4,7-8,17-18,21H2,1H3,(H,33,36)(H,34,37)/t27?,28-/m1/s1. The van der Waals surface area contributed by atoms with Crippen molar-refractivity contribution in [1.82, 2.24) is 10.2 Å². The molecule has 2 atom stereocenters. The topological polar surface area (TPSA) is 73.8 Å². The number of likely N-dealkylation sites (tertiary alicyclic amines) is 1. The molecular formula is C31H34N4O2. The minimum absolute atomic E-state index is 0.0670. The van der Waals surface area contributed by atoms with E-state index in [0.29, 0.717) is 11.3 Å². The summed E-state index contributed by atoms with van der Waals surface area (Å²) >= 11 is 0. The maximum Gasteiger partial charge on any atom is 0.251 e. The van der Waals surface area contributed by atoms with Crippen LogP contribution in [0.15, 0.2) is 77.8 Å². The molecule has 6 heteroatoms. The van der Waals surface area contributed by atoms with Crippen LogP contribution in [0.25, 0.3) is 0 Å². The number of anilines is 1. The molecule has 2 aliphatic rings. The molecule has 2 aliphatic heterocycles. The molecule has 0 aromatic heterocycles. The van der Waals surface area contributed by atoms with Crippen molar-refractivity contribution in [2.45, 2.75) is 51.1 Å². The second kappa shape index (κ2) is 11.5. The van der Waals surface area contributed by atoms with E-state index >= 15 is 0 Å². The highest BCUT2D eigenvalue weighted by Crippen LogP contribution is 2.33. The summed E-state index contributed by atoms with van der Waals surface area (Å²) in [5.41, 5.74) is 5.21. The van der Waals surface area contributed by atoms with Crippen LogP contribution in [0.5, 0.6) is 0 Å². The summed E-state index contributed by atoms with van der Waals surface area (Å²) in [5.74, 6) is -0.767. The third-order valence-electron chi connectivity index (χ3n) is 7.27. The highest BCUT2D eigenvalue weighted by atomic mass is 16.2. The van der Waals surface area contributed by atoms with Gasteiger partial charge in [0, 0.05) is 24.0 Å². The van der Waals surface area contributed by atoms with E-state index in [-0.39, 0.29) is 17.9 Å². The van der Waals surface area contributed by atoms with Crippen molar-refractivity contribution in [2.75, 3.05) is 18.4 Å². The van der Waals surface area contributed by atoms with Gasteiger partial charge in [-0.2, -0.15) is 0 Å². The van der Waals surface area contributed by atoms with E-state index in [9.17, 15) is 9.59 Å². The number of benzene rings is 3. The van der Waals surface area contributed by atoms with Crippen molar-refractivity contribution in [3.05, 3.63) is 95.1 Å². The fraction of sp³-hybridized carbons (Fsp3) is 0.323. The van der Waals surface area contributed by atoms with E-state index in [2.05, 4.69) is 32.7 Å². The Kier molecular flexibility index (Phi) is 7.76. The molecule has 0 spiro atoms. The van der Waals surface area contributed by atoms with Crippen molar-refractivity contribution in [1.29, 1.82) is 0 Å². The smallest absolute Gasteiger partial charge is 0.251 e. The lowest BCUT2D eigenvalue weighted by Crippen LogP contribution is -2.28. The number of amides is 2. The molecule has 37 heavy (non-hydrogen) atoms. The second-order valence-electron chi connectivity index (χ2n) is 9.90. The number of hydrogen-bond donors (Lipinski definition) is 2. The lowest BCUT2D eigenvalue weighted by molar-refractivity contribution is -0.115. The molecule has 6 nitrogen and oxygen atoms in total. The van der Waals surface area contributed by atoms with Gasteiger partial charge in [-0.05, 0) is 73.3 Å². The van der Waals surface area contributed by atoms with Crippen LogP contribution < -0.4 is 10.6 Å². The first-order valence-corrected chi connectivity index (χ1v) is 13.3. The molecular weight excluding hydrogens is 460 g/mol. The molecule has 1 fully saturated rings. The van der Waals surface area contributed by atoms with E-state index in [0.717, 1.165) is 29.8 Å². The Balaban J connectivity index is 1.24. The molecule has 0 aliphatic carbocycles. The Bertz CT molecular complexity index is 1260. The molecule has 5 rings (SSSR count). The number of carbonyl (C=O) groups excluding carboxylic acids is 2. The predicted molar refractivity (Wildman–Crippen MR) is 148 cm³/mol. The first kappa shape index (κ1) is 24.9. The minimum atomic E-state index is -0.479. The van der Waals surface area contributed by atoms with Gasteiger partial charge < -0.3 is 10.6 Å². The fourth-order valence-corrected chi connectivity index (χ4v) is 5.15. The van der Waals surface area contributed by atoms with Crippen molar-refractivity contribution in [3.63, 3.8) is 0 Å². The average molecular weight is 495 g/mol. The predicted octanol–water partition coefficient (Wildman–Crippen LogP) is 5.99. The molecule has 0 bridgehead atoms. The van der Waals surface area contributed by atoms with E-state index in [4.69, 9.17) is 0 Å². The van der Waals surface area contributed by atoms with Crippen LogP contribution in [0.4, 0.5) is 11.4 Å². The van der Waals surface area contributed by atoms with Crippen LogP contribution in [0.1, 0.15) is 71.6 Å². The van der Waals surface area contributed by atoms with Crippen LogP contribution in [0, 0.1) is 0 Å². The third-order valence-corrected chi connectivity index (χ3v) is 7.27. The number of aliphatic imine (C=N–C) groups is 1. The number of rotatable bonds is 8. The van der Waals surface area contributed by atoms with Gasteiger partial charge in [-0.25, -0.2) is 0 Å². The van der Waals surface area contributed by atoms with Gasteiger partial charge in [0.15, 0.2) is 0 Å². The van der Waals surface area contributed by atoms with Gasteiger partial charge in [-0.1, -0.05) is 61.9 Å².